The van der Waals surface area contributed by atoms with Gasteiger partial charge in [-0.25, -0.2) is 0 Å². The molecule has 0 aromatic rings. The summed E-state index contributed by atoms with van der Waals surface area (Å²) in [6, 6.07) is 0. The van der Waals surface area contributed by atoms with Crippen LogP contribution < -0.4 is 0 Å². The summed E-state index contributed by atoms with van der Waals surface area (Å²) in [5.74, 6) is 1.56. The van der Waals surface area contributed by atoms with E-state index in [0.717, 1.165) is 11.8 Å². The molecule has 92 valence electrons. The maximum absolute atomic E-state index is 2.45. The summed E-state index contributed by atoms with van der Waals surface area (Å²) in [7, 11) is 0. The van der Waals surface area contributed by atoms with Gasteiger partial charge < -0.3 is 0 Å². The Morgan fingerprint density at radius 3 is 1.67 bits per heavy atom. The van der Waals surface area contributed by atoms with Crippen LogP contribution in [0.3, 0.4) is 0 Å². The standard InChI is InChI=1S/C15H32/c1-9-10-11-13(4)15(7,8)14(5,6)12(2)3/h12-13H,9-11H2,1-8H3. The van der Waals surface area contributed by atoms with Crippen molar-refractivity contribution in [2.24, 2.45) is 22.7 Å². The molecule has 0 nitrogen and oxygen atoms in total. The van der Waals surface area contributed by atoms with Gasteiger partial charge in [-0.15, -0.1) is 0 Å². The molecule has 1 atom stereocenters. The van der Waals surface area contributed by atoms with Crippen molar-refractivity contribution in [3.63, 3.8) is 0 Å². The highest BCUT2D eigenvalue weighted by molar-refractivity contribution is 4.91. The van der Waals surface area contributed by atoms with E-state index < -0.39 is 0 Å². The molecular formula is C15H32. The number of rotatable bonds is 6. The van der Waals surface area contributed by atoms with Crippen LogP contribution in [0, 0.1) is 22.7 Å². The number of hydrogen-bond donors (Lipinski definition) is 0. The van der Waals surface area contributed by atoms with E-state index in [0.29, 0.717) is 10.8 Å². The molecule has 1 unspecified atom stereocenters. The third-order valence-electron chi connectivity index (χ3n) is 5.33. The van der Waals surface area contributed by atoms with E-state index >= 15 is 0 Å². The Labute approximate surface area is 97.8 Å². The normalized spacial score (nSPS) is 15.8. The van der Waals surface area contributed by atoms with E-state index in [9.17, 15) is 0 Å². The van der Waals surface area contributed by atoms with E-state index in [1.54, 1.807) is 0 Å². The molecule has 0 aliphatic rings. The predicted octanol–water partition coefficient (Wildman–Crippen LogP) is 5.52. The van der Waals surface area contributed by atoms with Gasteiger partial charge in [0, 0.05) is 0 Å². The molecule has 0 saturated heterocycles. The minimum atomic E-state index is 0.417. The molecule has 0 heterocycles. The van der Waals surface area contributed by atoms with Gasteiger partial charge in [-0.2, -0.15) is 0 Å². The minimum absolute atomic E-state index is 0.417. The topological polar surface area (TPSA) is 0 Å². The largest absolute Gasteiger partial charge is 0.0654 e. The molecule has 0 fully saturated rings. The van der Waals surface area contributed by atoms with E-state index in [1.807, 2.05) is 0 Å². The summed E-state index contributed by atoms with van der Waals surface area (Å²) in [6.07, 6.45) is 4.07. The van der Waals surface area contributed by atoms with Crippen molar-refractivity contribution >= 4 is 0 Å². The summed E-state index contributed by atoms with van der Waals surface area (Å²) in [6.45, 7) is 19.2. The quantitative estimate of drug-likeness (QED) is 0.543. The Balaban J connectivity index is 4.64. The summed E-state index contributed by atoms with van der Waals surface area (Å²) in [5.41, 5.74) is 0.844. The second-order valence-corrected chi connectivity index (χ2v) is 6.64. The minimum Gasteiger partial charge on any atom is -0.0654 e. The molecule has 0 spiro atoms. The number of hydrogen-bond acceptors (Lipinski definition) is 0. The van der Waals surface area contributed by atoms with E-state index in [1.165, 1.54) is 19.3 Å². The Morgan fingerprint density at radius 1 is 0.867 bits per heavy atom. The highest BCUT2D eigenvalue weighted by Crippen LogP contribution is 2.50. The summed E-state index contributed by atoms with van der Waals surface area (Å²) in [4.78, 5) is 0. The average Bonchev–Trinajstić information content (AvgIpc) is 2.13. The molecule has 0 aliphatic heterocycles. The van der Waals surface area contributed by atoms with Gasteiger partial charge in [-0.05, 0) is 22.7 Å². The Morgan fingerprint density at radius 2 is 1.33 bits per heavy atom. The lowest BCUT2D eigenvalue weighted by atomic mass is 9.56. The van der Waals surface area contributed by atoms with Crippen LogP contribution in [-0.2, 0) is 0 Å². The van der Waals surface area contributed by atoms with Gasteiger partial charge in [0.2, 0.25) is 0 Å². The average molecular weight is 212 g/mol. The summed E-state index contributed by atoms with van der Waals surface area (Å²) in [5, 5.41) is 0. The van der Waals surface area contributed by atoms with Crippen molar-refractivity contribution in [1.29, 1.82) is 0 Å². The molecule has 0 saturated carbocycles. The fourth-order valence-corrected chi connectivity index (χ4v) is 2.25. The molecule has 0 amide bonds. The lowest BCUT2D eigenvalue weighted by Gasteiger charge is -2.49. The van der Waals surface area contributed by atoms with Gasteiger partial charge in [-0.1, -0.05) is 74.7 Å². The lowest BCUT2D eigenvalue weighted by molar-refractivity contribution is 0.00263. The zero-order chi connectivity index (χ0) is 12.3. The van der Waals surface area contributed by atoms with Crippen LogP contribution in [0.1, 0.15) is 74.7 Å². The van der Waals surface area contributed by atoms with Crippen molar-refractivity contribution < 1.29 is 0 Å². The van der Waals surface area contributed by atoms with Crippen molar-refractivity contribution in [2.45, 2.75) is 74.7 Å². The molecule has 0 aromatic heterocycles. The van der Waals surface area contributed by atoms with Crippen LogP contribution in [-0.4, -0.2) is 0 Å². The molecular weight excluding hydrogens is 180 g/mol. The fourth-order valence-electron chi connectivity index (χ4n) is 2.25. The maximum Gasteiger partial charge on any atom is -0.0275 e. The first-order valence-electron chi connectivity index (χ1n) is 6.67. The first-order valence-corrected chi connectivity index (χ1v) is 6.67. The highest BCUT2D eigenvalue weighted by Gasteiger charge is 2.42. The molecule has 15 heavy (non-hydrogen) atoms. The molecule has 0 heteroatoms. The third kappa shape index (κ3) is 3.23. The van der Waals surface area contributed by atoms with Crippen LogP contribution in [0.4, 0.5) is 0 Å². The van der Waals surface area contributed by atoms with Gasteiger partial charge in [0.25, 0.3) is 0 Å². The van der Waals surface area contributed by atoms with Gasteiger partial charge in [0.05, 0.1) is 0 Å². The van der Waals surface area contributed by atoms with Gasteiger partial charge in [0.15, 0.2) is 0 Å². The number of unbranched alkanes of at least 4 members (excludes halogenated alkanes) is 1. The second kappa shape index (κ2) is 5.37. The zero-order valence-electron chi connectivity index (χ0n) is 12.3. The van der Waals surface area contributed by atoms with Gasteiger partial charge in [0.1, 0.15) is 0 Å². The molecule has 0 aromatic carbocycles. The van der Waals surface area contributed by atoms with Crippen LogP contribution in [0.15, 0.2) is 0 Å². The van der Waals surface area contributed by atoms with Gasteiger partial charge in [-0.3, -0.25) is 0 Å². The van der Waals surface area contributed by atoms with Crippen LogP contribution >= 0.6 is 0 Å². The summed E-state index contributed by atoms with van der Waals surface area (Å²) < 4.78 is 0. The highest BCUT2D eigenvalue weighted by atomic mass is 14.5. The van der Waals surface area contributed by atoms with Crippen LogP contribution in [0.5, 0.6) is 0 Å². The van der Waals surface area contributed by atoms with Crippen molar-refractivity contribution in [3.05, 3.63) is 0 Å². The Kier molecular flexibility index (Phi) is 5.37. The monoisotopic (exact) mass is 212 g/mol. The SMILES string of the molecule is CCCCC(C)C(C)(C)C(C)(C)C(C)C. The lowest BCUT2D eigenvalue weighted by Crippen LogP contribution is -2.41. The van der Waals surface area contributed by atoms with E-state index in [4.69, 9.17) is 0 Å². The molecule has 0 bridgehead atoms. The first-order chi connectivity index (χ1) is 6.67. The van der Waals surface area contributed by atoms with Crippen molar-refractivity contribution in [2.75, 3.05) is 0 Å². The van der Waals surface area contributed by atoms with Crippen LogP contribution in [0.25, 0.3) is 0 Å². The van der Waals surface area contributed by atoms with Crippen molar-refractivity contribution in [3.8, 4) is 0 Å². The van der Waals surface area contributed by atoms with E-state index in [2.05, 4.69) is 55.4 Å². The van der Waals surface area contributed by atoms with Crippen LogP contribution in [0.2, 0.25) is 0 Å². The second-order valence-electron chi connectivity index (χ2n) is 6.64. The first kappa shape index (κ1) is 15.0. The fraction of sp³-hybridized carbons (Fsp3) is 1.00. The van der Waals surface area contributed by atoms with Gasteiger partial charge >= 0.3 is 0 Å². The Bertz CT molecular complexity index is 174. The smallest absolute Gasteiger partial charge is 0.0275 e. The molecule has 0 radical (unpaired) electrons. The van der Waals surface area contributed by atoms with E-state index in [-0.39, 0.29) is 0 Å². The maximum atomic E-state index is 2.45. The molecule has 0 aliphatic carbocycles. The third-order valence-corrected chi connectivity index (χ3v) is 5.33. The Hall–Kier alpha value is 0. The predicted molar refractivity (Wildman–Crippen MR) is 71.1 cm³/mol. The molecule has 0 N–H and O–H groups in total. The summed E-state index contributed by atoms with van der Waals surface area (Å²) >= 11 is 0. The zero-order valence-corrected chi connectivity index (χ0v) is 12.3. The molecule has 0 rings (SSSR count). The van der Waals surface area contributed by atoms with Crippen molar-refractivity contribution in [1.82, 2.24) is 0 Å².